The number of carbonyl (C=O) groups is 1. The number of hydrogen-bond donors (Lipinski definition) is 2. The number of aryl methyl sites for hydroxylation is 1. The molecule has 7 nitrogen and oxygen atoms in total. The minimum absolute atomic E-state index is 0.111. The van der Waals surface area contributed by atoms with Crippen molar-refractivity contribution in [3.05, 3.63) is 36.0 Å². The van der Waals surface area contributed by atoms with Gasteiger partial charge in [0, 0.05) is 33.3 Å². The van der Waals surface area contributed by atoms with E-state index in [2.05, 4.69) is 25.5 Å². The zero-order chi connectivity index (χ0) is 14.4. The van der Waals surface area contributed by atoms with E-state index in [1.165, 1.54) is 6.33 Å². The molecule has 0 aliphatic rings. The maximum absolute atomic E-state index is 11.9. The summed E-state index contributed by atoms with van der Waals surface area (Å²) in [5.41, 5.74) is 0.565. The van der Waals surface area contributed by atoms with Crippen LogP contribution in [0.25, 0.3) is 0 Å². The van der Waals surface area contributed by atoms with Gasteiger partial charge in [-0.3, -0.25) is 9.89 Å². The van der Waals surface area contributed by atoms with Crippen molar-refractivity contribution in [1.82, 2.24) is 25.5 Å². The molecule has 0 radical (unpaired) electrons. The zero-order valence-corrected chi connectivity index (χ0v) is 11.6. The number of aromatic amines is 1. The van der Waals surface area contributed by atoms with Gasteiger partial charge in [-0.15, -0.1) is 0 Å². The van der Waals surface area contributed by atoms with E-state index < -0.39 is 0 Å². The molecule has 2 aromatic rings. The van der Waals surface area contributed by atoms with Gasteiger partial charge in [0.15, 0.2) is 0 Å². The van der Waals surface area contributed by atoms with Crippen molar-refractivity contribution in [2.24, 2.45) is 0 Å². The SMILES string of the molecule is CN(C)c1ccc(C(=O)NCCCc2ncn[nH]2)cn1. The fourth-order valence-corrected chi connectivity index (χ4v) is 1.70. The van der Waals surface area contributed by atoms with Crippen LogP contribution in [0.1, 0.15) is 22.6 Å². The van der Waals surface area contributed by atoms with Crippen molar-refractivity contribution in [2.75, 3.05) is 25.5 Å². The standard InChI is InChI=1S/C13H18N6O/c1-19(2)12-6-5-10(8-15-12)13(20)14-7-3-4-11-16-9-17-18-11/h5-6,8-9H,3-4,7H2,1-2H3,(H,14,20)(H,16,17,18). The predicted octanol–water partition coefficient (Wildman–Crippen LogP) is 0.628. The highest BCUT2D eigenvalue weighted by Gasteiger charge is 2.06. The van der Waals surface area contributed by atoms with Crippen LogP contribution in [0.5, 0.6) is 0 Å². The van der Waals surface area contributed by atoms with Crippen LogP contribution in [0, 0.1) is 0 Å². The molecule has 2 heterocycles. The average molecular weight is 274 g/mol. The number of nitrogens with one attached hydrogen (secondary N) is 2. The van der Waals surface area contributed by atoms with Crippen LogP contribution in [0.2, 0.25) is 0 Å². The number of pyridine rings is 1. The molecule has 20 heavy (non-hydrogen) atoms. The number of rotatable bonds is 6. The molecular weight excluding hydrogens is 256 g/mol. The van der Waals surface area contributed by atoms with Crippen LogP contribution in [-0.2, 0) is 6.42 Å². The minimum atomic E-state index is -0.111. The molecule has 0 bridgehead atoms. The highest BCUT2D eigenvalue weighted by Crippen LogP contribution is 2.07. The molecule has 0 aromatic carbocycles. The van der Waals surface area contributed by atoms with Crippen LogP contribution in [0.3, 0.4) is 0 Å². The van der Waals surface area contributed by atoms with Crippen LogP contribution in [-0.4, -0.2) is 46.7 Å². The Hall–Kier alpha value is -2.44. The summed E-state index contributed by atoms with van der Waals surface area (Å²) < 4.78 is 0. The minimum Gasteiger partial charge on any atom is -0.363 e. The van der Waals surface area contributed by atoms with E-state index in [1.54, 1.807) is 12.3 Å². The molecule has 0 fully saturated rings. The number of H-pyrrole nitrogens is 1. The number of carbonyl (C=O) groups excluding carboxylic acids is 1. The summed E-state index contributed by atoms with van der Waals surface area (Å²) >= 11 is 0. The molecule has 7 heteroatoms. The van der Waals surface area contributed by atoms with Crippen molar-refractivity contribution in [2.45, 2.75) is 12.8 Å². The first-order valence-corrected chi connectivity index (χ1v) is 6.42. The Morgan fingerprint density at radius 2 is 2.20 bits per heavy atom. The Morgan fingerprint density at radius 1 is 1.35 bits per heavy atom. The molecule has 0 saturated carbocycles. The van der Waals surface area contributed by atoms with E-state index >= 15 is 0 Å². The molecule has 0 spiro atoms. The van der Waals surface area contributed by atoms with E-state index in [9.17, 15) is 4.79 Å². The third-order valence-corrected chi connectivity index (χ3v) is 2.81. The van der Waals surface area contributed by atoms with Gasteiger partial charge in [-0.2, -0.15) is 5.10 Å². The molecule has 0 unspecified atom stereocenters. The summed E-state index contributed by atoms with van der Waals surface area (Å²) in [6.45, 7) is 0.592. The van der Waals surface area contributed by atoms with Gasteiger partial charge in [-0.1, -0.05) is 0 Å². The van der Waals surface area contributed by atoms with Crippen LogP contribution < -0.4 is 10.2 Å². The number of amides is 1. The topological polar surface area (TPSA) is 86.8 Å². The summed E-state index contributed by atoms with van der Waals surface area (Å²) in [6, 6.07) is 3.59. The van der Waals surface area contributed by atoms with Crippen molar-refractivity contribution >= 4 is 11.7 Å². The van der Waals surface area contributed by atoms with Crippen molar-refractivity contribution in [3.63, 3.8) is 0 Å². The third kappa shape index (κ3) is 3.78. The summed E-state index contributed by atoms with van der Waals surface area (Å²) in [5.74, 6) is 1.54. The molecule has 0 aliphatic carbocycles. The van der Waals surface area contributed by atoms with E-state index in [0.29, 0.717) is 12.1 Å². The molecular formula is C13H18N6O. The maximum atomic E-state index is 11.9. The quantitative estimate of drug-likeness (QED) is 0.754. The van der Waals surface area contributed by atoms with Crippen LogP contribution in [0.15, 0.2) is 24.7 Å². The Labute approximate surface area is 117 Å². The van der Waals surface area contributed by atoms with Crippen LogP contribution in [0.4, 0.5) is 5.82 Å². The lowest BCUT2D eigenvalue weighted by atomic mass is 10.2. The maximum Gasteiger partial charge on any atom is 0.252 e. The van der Waals surface area contributed by atoms with E-state index in [1.807, 2.05) is 25.1 Å². The normalized spacial score (nSPS) is 10.3. The van der Waals surface area contributed by atoms with Crippen molar-refractivity contribution in [1.29, 1.82) is 0 Å². The number of hydrogen-bond acceptors (Lipinski definition) is 5. The second kappa shape index (κ2) is 6.65. The summed E-state index contributed by atoms with van der Waals surface area (Å²) in [4.78, 5) is 22.0. The molecule has 0 atom stereocenters. The van der Waals surface area contributed by atoms with Gasteiger partial charge in [0.05, 0.1) is 5.56 Å². The third-order valence-electron chi connectivity index (χ3n) is 2.81. The highest BCUT2D eigenvalue weighted by atomic mass is 16.1. The average Bonchev–Trinajstić information content (AvgIpc) is 2.96. The first kappa shape index (κ1) is 14.0. The molecule has 2 N–H and O–H groups in total. The largest absolute Gasteiger partial charge is 0.363 e. The lowest BCUT2D eigenvalue weighted by Crippen LogP contribution is -2.25. The first-order valence-electron chi connectivity index (χ1n) is 6.42. The number of anilines is 1. The van der Waals surface area contributed by atoms with Gasteiger partial charge >= 0.3 is 0 Å². The van der Waals surface area contributed by atoms with Gasteiger partial charge in [0.1, 0.15) is 18.0 Å². The Bertz CT molecular complexity index is 534. The van der Waals surface area contributed by atoms with E-state index in [4.69, 9.17) is 0 Å². The Balaban J connectivity index is 1.76. The molecule has 106 valence electrons. The summed E-state index contributed by atoms with van der Waals surface area (Å²) in [5, 5.41) is 9.41. The smallest absolute Gasteiger partial charge is 0.252 e. The lowest BCUT2D eigenvalue weighted by Gasteiger charge is -2.11. The summed E-state index contributed by atoms with van der Waals surface area (Å²) in [7, 11) is 3.82. The van der Waals surface area contributed by atoms with E-state index in [-0.39, 0.29) is 5.91 Å². The molecule has 0 aliphatic heterocycles. The number of aromatic nitrogens is 4. The van der Waals surface area contributed by atoms with Gasteiger partial charge in [-0.25, -0.2) is 9.97 Å². The van der Waals surface area contributed by atoms with Crippen LogP contribution >= 0.6 is 0 Å². The van der Waals surface area contributed by atoms with Gasteiger partial charge < -0.3 is 10.2 Å². The predicted molar refractivity (Wildman–Crippen MR) is 75.6 cm³/mol. The van der Waals surface area contributed by atoms with Gasteiger partial charge in [-0.05, 0) is 18.6 Å². The lowest BCUT2D eigenvalue weighted by molar-refractivity contribution is 0.0953. The molecule has 2 rings (SSSR count). The molecule has 0 saturated heterocycles. The zero-order valence-electron chi connectivity index (χ0n) is 11.6. The summed E-state index contributed by atoms with van der Waals surface area (Å²) in [6.07, 6.45) is 4.63. The second-order valence-electron chi connectivity index (χ2n) is 4.59. The fraction of sp³-hybridized carbons (Fsp3) is 0.385. The monoisotopic (exact) mass is 274 g/mol. The second-order valence-corrected chi connectivity index (χ2v) is 4.59. The van der Waals surface area contributed by atoms with Crippen molar-refractivity contribution in [3.8, 4) is 0 Å². The number of nitrogens with zero attached hydrogens (tertiary/aromatic N) is 4. The molecule has 2 aromatic heterocycles. The first-order chi connectivity index (χ1) is 9.66. The van der Waals surface area contributed by atoms with Gasteiger partial charge in [0.2, 0.25) is 0 Å². The Morgan fingerprint density at radius 3 is 2.80 bits per heavy atom. The Kier molecular flexibility index (Phi) is 4.65. The molecule has 1 amide bonds. The van der Waals surface area contributed by atoms with E-state index in [0.717, 1.165) is 24.5 Å². The fourth-order valence-electron chi connectivity index (χ4n) is 1.70. The highest BCUT2D eigenvalue weighted by molar-refractivity contribution is 5.94. The van der Waals surface area contributed by atoms with Crippen molar-refractivity contribution < 1.29 is 4.79 Å². The van der Waals surface area contributed by atoms with Gasteiger partial charge in [0.25, 0.3) is 5.91 Å².